The van der Waals surface area contributed by atoms with Crippen LogP contribution < -0.4 is 10.9 Å². The van der Waals surface area contributed by atoms with Crippen molar-refractivity contribution in [2.24, 2.45) is 0 Å². The lowest BCUT2D eigenvalue weighted by atomic mass is 10.0. The van der Waals surface area contributed by atoms with Gasteiger partial charge in [-0.1, -0.05) is 18.2 Å². The lowest BCUT2D eigenvalue weighted by molar-refractivity contribution is -0.131. The van der Waals surface area contributed by atoms with Crippen LogP contribution in [0.2, 0.25) is 0 Å². The van der Waals surface area contributed by atoms with Crippen LogP contribution in [0.3, 0.4) is 0 Å². The number of carbonyl (C=O) groups is 2. The van der Waals surface area contributed by atoms with Gasteiger partial charge in [0.2, 0.25) is 5.91 Å². The molecule has 8 nitrogen and oxygen atoms in total. The predicted octanol–water partition coefficient (Wildman–Crippen LogP) is 1.91. The number of piperidine rings is 1. The first kappa shape index (κ1) is 20.8. The summed E-state index contributed by atoms with van der Waals surface area (Å²) in [6, 6.07) is 9.04. The number of hydrogen-bond donors (Lipinski definition) is 2. The molecule has 0 atom stereocenters. The fraction of sp³-hybridized carbons (Fsp3) is 0.391. The van der Waals surface area contributed by atoms with E-state index in [-0.39, 0.29) is 29.8 Å². The van der Waals surface area contributed by atoms with E-state index in [9.17, 15) is 14.4 Å². The largest absolute Gasteiger partial charge is 0.349 e. The summed E-state index contributed by atoms with van der Waals surface area (Å²) in [6.45, 7) is 6.88. The zero-order valence-electron chi connectivity index (χ0n) is 18.1. The Labute approximate surface area is 180 Å². The van der Waals surface area contributed by atoms with Gasteiger partial charge in [0.15, 0.2) is 5.65 Å². The average molecular weight is 422 g/mol. The van der Waals surface area contributed by atoms with Crippen molar-refractivity contribution in [3.05, 3.63) is 68.8 Å². The number of aromatic amines is 1. The van der Waals surface area contributed by atoms with E-state index in [1.54, 1.807) is 4.52 Å². The lowest BCUT2D eigenvalue weighted by Crippen LogP contribution is -2.47. The van der Waals surface area contributed by atoms with Gasteiger partial charge in [0.1, 0.15) is 0 Å². The van der Waals surface area contributed by atoms with Crippen molar-refractivity contribution < 1.29 is 9.59 Å². The molecule has 1 fully saturated rings. The summed E-state index contributed by atoms with van der Waals surface area (Å²) in [6.07, 6.45) is 1.69. The summed E-state index contributed by atoms with van der Waals surface area (Å²) in [5.41, 5.74) is 4.39. The maximum Gasteiger partial charge on any atom is 0.266 e. The molecule has 4 rings (SSSR count). The molecule has 1 aliphatic heterocycles. The molecule has 8 heteroatoms. The molecule has 3 heterocycles. The van der Waals surface area contributed by atoms with Crippen molar-refractivity contribution in [1.82, 2.24) is 24.8 Å². The van der Waals surface area contributed by atoms with Gasteiger partial charge in [-0.2, -0.15) is 0 Å². The molecule has 2 amide bonds. The molecule has 1 saturated heterocycles. The summed E-state index contributed by atoms with van der Waals surface area (Å²) in [4.78, 5) is 43.4. The number of aryl methyl sites for hydroxylation is 3. The van der Waals surface area contributed by atoms with Gasteiger partial charge in [-0.15, -0.1) is 0 Å². The molecular weight excluding hydrogens is 394 g/mol. The second-order valence-electron chi connectivity index (χ2n) is 8.20. The van der Waals surface area contributed by atoms with E-state index in [2.05, 4.69) is 15.4 Å². The molecule has 31 heavy (non-hydrogen) atoms. The third kappa shape index (κ3) is 4.23. The van der Waals surface area contributed by atoms with Gasteiger partial charge in [-0.3, -0.25) is 19.5 Å². The summed E-state index contributed by atoms with van der Waals surface area (Å²) in [5.74, 6) is -0.0280. The lowest BCUT2D eigenvalue weighted by Gasteiger charge is -2.32. The van der Waals surface area contributed by atoms with Crippen molar-refractivity contribution in [3.8, 4) is 0 Å². The molecule has 0 spiro atoms. The van der Waals surface area contributed by atoms with E-state index in [0.29, 0.717) is 24.3 Å². The molecule has 0 aliphatic carbocycles. The molecular formula is C23H27N5O3. The Morgan fingerprint density at radius 1 is 1.16 bits per heavy atom. The Morgan fingerprint density at radius 2 is 1.87 bits per heavy atom. The highest BCUT2D eigenvalue weighted by molar-refractivity contribution is 5.95. The number of aromatic nitrogens is 3. The van der Waals surface area contributed by atoms with Crippen LogP contribution in [0.1, 0.15) is 45.7 Å². The van der Waals surface area contributed by atoms with Gasteiger partial charge in [-0.25, -0.2) is 9.50 Å². The highest BCUT2D eigenvalue weighted by atomic mass is 16.2. The number of nitrogens with zero attached hydrogens (tertiary/aromatic N) is 3. The molecule has 0 saturated carbocycles. The molecule has 2 N–H and O–H groups in total. The van der Waals surface area contributed by atoms with Crippen molar-refractivity contribution >= 4 is 17.5 Å². The number of benzene rings is 1. The van der Waals surface area contributed by atoms with Gasteiger partial charge >= 0.3 is 0 Å². The second-order valence-corrected chi connectivity index (χ2v) is 8.20. The summed E-state index contributed by atoms with van der Waals surface area (Å²) in [5, 5.41) is 5.82. The smallest absolute Gasteiger partial charge is 0.266 e. The van der Waals surface area contributed by atoms with E-state index in [4.69, 9.17) is 0 Å². The first-order chi connectivity index (χ1) is 14.8. The number of rotatable bonds is 4. The number of hydrogen-bond acceptors (Lipinski definition) is 4. The quantitative estimate of drug-likeness (QED) is 0.672. The van der Waals surface area contributed by atoms with E-state index in [1.165, 1.54) is 6.07 Å². The Bertz CT molecular complexity index is 1200. The fourth-order valence-electron chi connectivity index (χ4n) is 4.24. The molecule has 1 aliphatic rings. The van der Waals surface area contributed by atoms with Crippen LogP contribution in [-0.4, -0.2) is 50.4 Å². The minimum absolute atomic E-state index is 0.0329. The Hall–Kier alpha value is -3.42. The zero-order valence-corrected chi connectivity index (χ0v) is 18.1. The molecule has 1 aromatic carbocycles. The monoisotopic (exact) mass is 421 g/mol. The molecule has 162 valence electrons. The second kappa shape index (κ2) is 8.37. The SMILES string of the molecule is Cc1ccccc1C(=O)NC1CCN(C(=O)Cc2c(C)nc3cc(=O)[nH]n3c2C)CC1. The number of carbonyl (C=O) groups excluding carboxylic acids is 2. The van der Waals surface area contributed by atoms with Crippen molar-refractivity contribution in [3.63, 3.8) is 0 Å². The molecule has 0 unspecified atom stereocenters. The highest BCUT2D eigenvalue weighted by Gasteiger charge is 2.25. The first-order valence-electron chi connectivity index (χ1n) is 10.6. The Morgan fingerprint density at radius 3 is 2.58 bits per heavy atom. The van der Waals surface area contributed by atoms with Crippen molar-refractivity contribution in [1.29, 1.82) is 0 Å². The van der Waals surface area contributed by atoms with Crippen LogP contribution in [0, 0.1) is 20.8 Å². The summed E-state index contributed by atoms with van der Waals surface area (Å²) >= 11 is 0. The van der Waals surface area contributed by atoms with E-state index in [1.807, 2.05) is 49.9 Å². The van der Waals surface area contributed by atoms with E-state index in [0.717, 1.165) is 35.4 Å². The highest BCUT2D eigenvalue weighted by Crippen LogP contribution is 2.18. The van der Waals surface area contributed by atoms with Crippen molar-refractivity contribution in [2.75, 3.05) is 13.1 Å². The van der Waals surface area contributed by atoms with Crippen LogP contribution in [0.5, 0.6) is 0 Å². The maximum absolute atomic E-state index is 12.9. The number of nitrogens with one attached hydrogen (secondary N) is 2. The Kier molecular flexibility index (Phi) is 5.63. The van der Waals surface area contributed by atoms with E-state index < -0.39 is 0 Å². The van der Waals surface area contributed by atoms with Crippen LogP contribution in [0.15, 0.2) is 35.1 Å². The third-order valence-electron chi connectivity index (χ3n) is 6.10. The van der Waals surface area contributed by atoms with Gasteiger partial charge in [0.25, 0.3) is 11.5 Å². The zero-order chi connectivity index (χ0) is 22.1. The summed E-state index contributed by atoms with van der Waals surface area (Å²) in [7, 11) is 0. The Balaban J connectivity index is 1.38. The minimum Gasteiger partial charge on any atom is -0.349 e. The predicted molar refractivity (Wildman–Crippen MR) is 117 cm³/mol. The number of H-pyrrole nitrogens is 1. The van der Waals surface area contributed by atoms with Gasteiger partial charge in [0.05, 0.1) is 6.42 Å². The number of fused-ring (bicyclic) bond motifs is 1. The van der Waals surface area contributed by atoms with E-state index >= 15 is 0 Å². The maximum atomic E-state index is 12.9. The van der Waals surface area contributed by atoms with Gasteiger partial charge < -0.3 is 10.2 Å². The molecule has 0 bridgehead atoms. The standard InChI is InChI=1S/C23H27N5O3/c1-14-6-4-5-7-18(14)23(31)25-17-8-10-27(11-9-17)22(30)12-19-15(2)24-20-13-21(29)26-28(20)16(19)3/h4-7,13,17H,8-12H2,1-3H3,(H,25,31)(H,26,29). The summed E-state index contributed by atoms with van der Waals surface area (Å²) < 4.78 is 1.63. The third-order valence-corrected chi connectivity index (χ3v) is 6.10. The molecule has 2 aromatic heterocycles. The normalized spacial score (nSPS) is 14.7. The van der Waals surface area contributed by atoms with Gasteiger partial charge in [-0.05, 0) is 45.2 Å². The average Bonchev–Trinajstić information content (AvgIpc) is 3.12. The number of amides is 2. The van der Waals surface area contributed by atoms with Crippen LogP contribution in [-0.2, 0) is 11.2 Å². The topological polar surface area (TPSA) is 99.6 Å². The molecule has 3 aromatic rings. The first-order valence-corrected chi connectivity index (χ1v) is 10.6. The molecule has 0 radical (unpaired) electrons. The van der Waals surface area contributed by atoms with Crippen molar-refractivity contribution in [2.45, 2.75) is 46.1 Å². The van der Waals surface area contributed by atoms with Crippen LogP contribution in [0.4, 0.5) is 0 Å². The fourth-order valence-corrected chi connectivity index (χ4v) is 4.24. The number of likely N-dealkylation sites (tertiary alicyclic amines) is 1. The van der Waals surface area contributed by atoms with Crippen LogP contribution in [0.25, 0.3) is 5.65 Å². The minimum atomic E-state index is -0.215. The van der Waals surface area contributed by atoms with Gasteiger partial charge in [0, 0.05) is 47.7 Å². The van der Waals surface area contributed by atoms with Crippen LogP contribution >= 0.6 is 0 Å².